The Balaban J connectivity index is 1.55. The van der Waals surface area contributed by atoms with Crippen LogP contribution in [0.2, 0.25) is 0 Å². The molecule has 0 bridgehead atoms. The molecule has 114 valence electrons. The van der Waals surface area contributed by atoms with Gasteiger partial charge in [0.15, 0.2) is 6.61 Å². The highest BCUT2D eigenvalue weighted by Gasteiger charge is 2.30. The largest absolute Gasteiger partial charge is 0.484 e. The van der Waals surface area contributed by atoms with Crippen LogP contribution in [0.5, 0.6) is 5.75 Å². The number of amides is 1. The molecule has 2 fully saturated rings. The number of nitrogen functional groups attached to an aromatic ring is 1. The second kappa shape index (κ2) is 6.35. The van der Waals surface area contributed by atoms with E-state index in [2.05, 4.69) is 4.90 Å². The molecule has 1 atom stereocenters. The van der Waals surface area contributed by atoms with E-state index in [9.17, 15) is 4.79 Å². The van der Waals surface area contributed by atoms with Gasteiger partial charge >= 0.3 is 0 Å². The zero-order valence-corrected chi connectivity index (χ0v) is 12.3. The van der Waals surface area contributed by atoms with Crippen LogP contribution in [0.4, 0.5) is 5.69 Å². The first-order valence-corrected chi connectivity index (χ1v) is 7.72. The van der Waals surface area contributed by atoms with E-state index in [-0.39, 0.29) is 12.5 Å². The zero-order chi connectivity index (χ0) is 14.7. The van der Waals surface area contributed by atoms with E-state index in [0.717, 1.165) is 26.1 Å². The van der Waals surface area contributed by atoms with E-state index in [0.29, 0.717) is 17.5 Å². The molecule has 3 rings (SSSR count). The number of nitrogens with zero attached hydrogens (tertiary/aromatic N) is 2. The molecule has 1 amide bonds. The molecule has 2 saturated heterocycles. The van der Waals surface area contributed by atoms with Crippen molar-refractivity contribution in [3.05, 3.63) is 24.3 Å². The van der Waals surface area contributed by atoms with Gasteiger partial charge in [-0.2, -0.15) is 0 Å². The van der Waals surface area contributed by atoms with E-state index in [1.807, 2.05) is 17.0 Å². The van der Waals surface area contributed by atoms with Crippen molar-refractivity contribution in [2.24, 2.45) is 0 Å². The van der Waals surface area contributed by atoms with Gasteiger partial charge in [0.1, 0.15) is 5.75 Å². The molecule has 1 unspecified atom stereocenters. The summed E-state index contributed by atoms with van der Waals surface area (Å²) in [5.74, 6) is 0.729. The lowest BCUT2D eigenvalue weighted by atomic mass is 10.2. The summed E-state index contributed by atoms with van der Waals surface area (Å²) in [6.45, 7) is 4.08. The number of carbonyl (C=O) groups excluding carboxylic acids is 1. The maximum Gasteiger partial charge on any atom is 0.260 e. The second-order valence-electron chi connectivity index (χ2n) is 5.89. The van der Waals surface area contributed by atoms with Crippen molar-refractivity contribution in [2.75, 3.05) is 38.5 Å². The normalized spacial score (nSPS) is 22.7. The molecule has 2 aliphatic rings. The van der Waals surface area contributed by atoms with Crippen LogP contribution in [0.25, 0.3) is 0 Å². The number of ether oxygens (including phenoxy) is 1. The predicted octanol–water partition coefficient (Wildman–Crippen LogP) is 1.34. The Hall–Kier alpha value is -1.75. The number of benzene rings is 1. The van der Waals surface area contributed by atoms with Gasteiger partial charge in [-0.05, 0) is 37.9 Å². The van der Waals surface area contributed by atoms with Gasteiger partial charge < -0.3 is 15.4 Å². The van der Waals surface area contributed by atoms with Crippen LogP contribution in [0, 0.1) is 0 Å². The van der Waals surface area contributed by atoms with Crippen LogP contribution in [0.1, 0.15) is 19.3 Å². The molecule has 0 aliphatic carbocycles. The van der Waals surface area contributed by atoms with Gasteiger partial charge in [-0.15, -0.1) is 0 Å². The molecular weight excluding hydrogens is 266 g/mol. The van der Waals surface area contributed by atoms with Gasteiger partial charge in [0, 0.05) is 37.4 Å². The van der Waals surface area contributed by atoms with Crippen molar-refractivity contribution in [3.8, 4) is 5.75 Å². The topological polar surface area (TPSA) is 58.8 Å². The van der Waals surface area contributed by atoms with Gasteiger partial charge in [-0.25, -0.2) is 0 Å². The first-order chi connectivity index (χ1) is 10.2. The Labute approximate surface area is 125 Å². The van der Waals surface area contributed by atoms with Crippen LogP contribution in [-0.2, 0) is 4.79 Å². The van der Waals surface area contributed by atoms with Crippen LogP contribution in [-0.4, -0.2) is 54.5 Å². The lowest BCUT2D eigenvalue weighted by Gasteiger charge is -2.25. The number of fused-ring (bicyclic) bond motifs is 1. The molecule has 2 heterocycles. The average molecular weight is 289 g/mol. The molecule has 0 saturated carbocycles. The van der Waals surface area contributed by atoms with Gasteiger partial charge in [-0.3, -0.25) is 9.69 Å². The van der Waals surface area contributed by atoms with Crippen molar-refractivity contribution < 1.29 is 9.53 Å². The molecule has 1 aromatic rings. The van der Waals surface area contributed by atoms with Crippen molar-refractivity contribution in [1.82, 2.24) is 9.80 Å². The molecule has 1 aromatic carbocycles. The Morgan fingerprint density at radius 3 is 3.00 bits per heavy atom. The minimum absolute atomic E-state index is 0.0752. The quantitative estimate of drug-likeness (QED) is 0.853. The summed E-state index contributed by atoms with van der Waals surface area (Å²) in [6, 6.07) is 7.75. The number of hydrogen-bond donors (Lipinski definition) is 1. The number of hydrogen-bond acceptors (Lipinski definition) is 4. The highest BCUT2D eigenvalue weighted by molar-refractivity contribution is 5.77. The Morgan fingerprint density at radius 2 is 2.14 bits per heavy atom. The summed E-state index contributed by atoms with van der Waals surface area (Å²) in [5, 5.41) is 0. The van der Waals surface area contributed by atoms with E-state index < -0.39 is 0 Å². The van der Waals surface area contributed by atoms with Crippen LogP contribution in [0.3, 0.4) is 0 Å². The number of nitrogens with two attached hydrogens (primary N) is 1. The summed E-state index contributed by atoms with van der Waals surface area (Å²) >= 11 is 0. The molecule has 5 nitrogen and oxygen atoms in total. The minimum atomic E-state index is 0.0752. The zero-order valence-electron chi connectivity index (χ0n) is 12.3. The predicted molar refractivity (Wildman–Crippen MR) is 82.1 cm³/mol. The Bertz CT molecular complexity index is 506. The summed E-state index contributed by atoms with van der Waals surface area (Å²) in [5.41, 5.74) is 6.36. The van der Waals surface area contributed by atoms with Crippen LogP contribution >= 0.6 is 0 Å². The van der Waals surface area contributed by atoms with E-state index in [1.54, 1.807) is 12.1 Å². The maximum absolute atomic E-state index is 12.3. The third kappa shape index (κ3) is 3.47. The molecule has 2 aliphatic heterocycles. The molecule has 5 heteroatoms. The highest BCUT2D eigenvalue weighted by Crippen LogP contribution is 2.21. The Morgan fingerprint density at radius 1 is 1.29 bits per heavy atom. The third-order valence-corrected chi connectivity index (χ3v) is 4.38. The fourth-order valence-electron chi connectivity index (χ4n) is 3.27. The van der Waals surface area contributed by atoms with Crippen molar-refractivity contribution >= 4 is 11.6 Å². The average Bonchev–Trinajstić information content (AvgIpc) is 2.82. The first-order valence-electron chi connectivity index (χ1n) is 7.72. The highest BCUT2D eigenvalue weighted by atomic mass is 16.5. The molecule has 21 heavy (non-hydrogen) atoms. The van der Waals surface area contributed by atoms with Gasteiger partial charge in [0.25, 0.3) is 5.91 Å². The standard InChI is InChI=1S/C16H23N3O2/c17-13-4-1-6-15(10-13)21-12-16(20)19-9-3-8-18-7-2-5-14(18)11-19/h1,4,6,10,14H,2-3,5,7-9,11-12,17H2. The summed E-state index contributed by atoms with van der Waals surface area (Å²) in [6.07, 6.45) is 3.52. The first kappa shape index (κ1) is 14.2. The van der Waals surface area contributed by atoms with E-state index >= 15 is 0 Å². The lowest BCUT2D eigenvalue weighted by Crippen LogP contribution is -2.41. The van der Waals surface area contributed by atoms with E-state index in [4.69, 9.17) is 10.5 Å². The summed E-state index contributed by atoms with van der Waals surface area (Å²) in [4.78, 5) is 16.8. The van der Waals surface area contributed by atoms with Crippen molar-refractivity contribution in [1.29, 1.82) is 0 Å². The third-order valence-electron chi connectivity index (χ3n) is 4.38. The molecule has 0 radical (unpaired) electrons. The van der Waals surface area contributed by atoms with Gasteiger partial charge in [-0.1, -0.05) is 6.07 Å². The van der Waals surface area contributed by atoms with Crippen LogP contribution in [0.15, 0.2) is 24.3 Å². The fourth-order valence-corrected chi connectivity index (χ4v) is 3.27. The fraction of sp³-hybridized carbons (Fsp3) is 0.562. The summed E-state index contributed by atoms with van der Waals surface area (Å²) < 4.78 is 5.57. The lowest BCUT2D eigenvalue weighted by molar-refractivity contribution is -0.133. The van der Waals surface area contributed by atoms with Crippen molar-refractivity contribution in [3.63, 3.8) is 0 Å². The SMILES string of the molecule is Nc1cccc(OCC(=O)N2CCCN3CCCC3C2)c1. The summed E-state index contributed by atoms with van der Waals surface area (Å²) in [7, 11) is 0. The second-order valence-corrected chi connectivity index (χ2v) is 5.89. The monoisotopic (exact) mass is 289 g/mol. The minimum Gasteiger partial charge on any atom is -0.484 e. The molecule has 0 aromatic heterocycles. The van der Waals surface area contributed by atoms with Gasteiger partial charge in [0.2, 0.25) is 0 Å². The number of carbonyl (C=O) groups is 1. The molecular formula is C16H23N3O2. The smallest absolute Gasteiger partial charge is 0.260 e. The maximum atomic E-state index is 12.3. The molecule has 2 N–H and O–H groups in total. The van der Waals surface area contributed by atoms with Gasteiger partial charge in [0.05, 0.1) is 0 Å². The number of rotatable bonds is 3. The Kier molecular flexibility index (Phi) is 4.29. The van der Waals surface area contributed by atoms with Crippen LogP contribution < -0.4 is 10.5 Å². The molecule has 0 spiro atoms. The number of anilines is 1. The van der Waals surface area contributed by atoms with Crippen molar-refractivity contribution in [2.45, 2.75) is 25.3 Å². The van der Waals surface area contributed by atoms with E-state index in [1.165, 1.54) is 19.4 Å².